The monoisotopic (exact) mass is 607 g/mol. The number of hydrogen-bond donors (Lipinski definition) is 3. The predicted octanol–water partition coefficient (Wildman–Crippen LogP) is -3.94. The standard InChI is InChI=1S/C19H19N7O7S4.Na/c1-2-33-10(27)3-9-23-24-19(37-9)36-5-7-4-34-16-12(15(29)26(16)13(7)17(30)31)22-14(28)11(25-32)8-6-35-18(20)21-8;/h6,12,16,32H,2-5H2,1H3,(H2,20,21)(H,22,28)(H,30,31);/q;+1/p-1/b25-11-;/t12?,16-;/m1./s1. The largest absolute Gasteiger partial charge is 1.00 e. The molecule has 14 nitrogen and oxygen atoms in total. The summed E-state index contributed by atoms with van der Waals surface area (Å²) in [6, 6.07) is -1.04. The average molecular weight is 608 g/mol. The molecule has 0 bridgehead atoms. The van der Waals surface area contributed by atoms with Crippen molar-refractivity contribution in [2.24, 2.45) is 5.16 Å². The van der Waals surface area contributed by atoms with Gasteiger partial charge in [0.25, 0.3) is 11.8 Å². The predicted molar refractivity (Wildman–Crippen MR) is 133 cm³/mol. The van der Waals surface area contributed by atoms with Crippen LogP contribution in [0, 0.1) is 0 Å². The number of thiazole rings is 1. The van der Waals surface area contributed by atoms with Crippen molar-refractivity contribution in [1.82, 2.24) is 25.4 Å². The van der Waals surface area contributed by atoms with Crippen LogP contribution in [0.15, 0.2) is 26.1 Å². The minimum atomic E-state index is -1.52. The van der Waals surface area contributed by atoms with Crippen molar-refractivity contribution >= 4 is 80.8 Å². The van der Waals surface area contributed by atoms with Crippen LogP contribution in [0.5, 0.6) is 0 Å². The quantitative estimate of drug-likeness (QED) is 0.0448. The smallest absolute Gasteiger partial charge is 0.543 e. The Balaban J connectivity index is 0.00000400. The Labute approximate surface area is 253 Å². The van der Waals surface area contributed by atoms with Crippen LogP contribution in [-0.4, -0.2) is 84.3 Å². The van der Waals surface area contributed by atoms with Gasteiger partial charge in [-0.1, -0.05) is 28.3 Å². The van der Waals surface area contributed by atoms with E-state index in [1.807, 2.05) is 0 Å². The van der Waals surface area contributed by atoms with E-state index in [9.17, 15) is 29.5 Å². The van der Waals surface area contributed by atoms with Crippen LogP contribution in [0.4, 0.5) is 5.13 Å². The molecule has 4 rings (SSSR count). The van der Waals surface area contributed by atoms with E-state index in [2.05, 4.69) is 25.7 Å². The SMILES string of the molecule is CCOC(=O)Cc1nnc(SCC2=C(C(=O)[O-])N3C(=O)C(NC(=O)/C(=N\O)c4csc(N)n4)[C@H]3SC2)s1.[Na+]. The second-order valence-corrected chi connectivity index (χ2v) is 11.6. The summed E-state index contributed by atoms with van der Waals surface area (Å²) in [4.78, 5) is 54.0. The molecule has 2 atom stereocenters. The topological polar surface area (TPSA) is 213 Å². The Hall–Kier alpha value is -2.22. The number of nitrogens with zero attached hydrogens (tertiary/aromatic N) is 5. The summed E-state index contributed by atoms with van der Waals surface area (Å²) in [5.41, 5.74) is 5.36. The summed E-state index contributed by atoms with van der Waals surface area (Å²) < 4.78 is 5.41. The number of oxime groups is 1. The zero-order valence-corrected chi connectivity index (χ0v) is 25.2. The van der Waals surface area contributed by atoms with Gasteiger partial charge in [0, 0.05) is 16.9 Å². The van der Waals surface area contributed by atoms with E-state index < -0.39 is 40.9 Å². The molecule has 2 aliphatic heterocycles. The van der Waals surface area contributed by atoms with Crippen LogP contribution >= 0.6 is 46.2 Å². The first-order valence-electron chi connectivity index (χ1n) is 10.5. The van der Waals surface area contributed by atoms with Crippen molar-refractivity contribution in [2.45, 2.75) is 29.1 Å². The number of carbonyl (C=O) groups is 4. The van der Waals surface area contributed by atoms with Gasteiger partial charge in [-0.15, -0.1) is 33.3 Å². The van der Waals surface area contributed by atoms with Crippen LogP contribution in [0.2, 0.25) is 0 Å². The molecule has 0 saturated carbocycles. The molecule has 4 N–H and O–H groups in total. The third-order valence-electron chi connectivity index (χ3n) is 5.03. The van der Waals surface area contributed by atoms with E-state index in [1.54, 1.807) is 6.92 Å². The minimum Gasteiger partial charge on any atom is -0.543 e. The summed E-state index contributed by atoms with van der Waals surface area (Å²) in [6.07, 6.45) is -0.00939. The van der Waals surface area contributed by atoms with Crippen molar-refractivity contribution in [1.29, 1.82) is 0 Å². The number of fused-ring (bicyclic) bond motifs is 1. The van der Waals surface area contributed by atoms with Crippen LogP contribution < -0.4 is 45.7 Å². The molecule has 1 fully saturated rings. The molecule has 196 valence electrons. The van der Waals surface area contributed by atoms with Gasteiger partial charge in [0.1, 0.15) is 22.1 Å². The van der Waals surface area contributed by atoms with Gasteiger partial charge in [-0.2, -0.15) is 0 Å². The average Bonchev–Trinajstić information content (AvgIpc) is 3.49. The van der Waals surface area contributed by atoms with Crippen LogP contribution in [0.25, 0.3) is 0 Å². The van der Waals surface area contributed by atoms with E-state index >= 15 is 0 Å². The van der Waals surface area contributed by atoms with Gasteiger partial charge in [-0.25, -0.2) is 4.98 Å². The van der Waals surface area contributed by atoms with E-state index in [0.717, 1.165) is 16.2 Å². The number of ether oxygens (including phenoxy) is 1. The molecule has 0 aliphatic carbocycles. The second kappa shape index (κ2) is 13.2. The number of nitrogen functional groups attached to an aromatic ring is 1. The summed E-state index contributed by atoms with van der Waals surface area (Å²) in [7, 11) is 0. The van der Waals surface area contributed by atoms with E-state index in [0.29, 0.717) is 14.9 Å². The number of aromatic nitrogens is 3. The fraction of sp³-hybridized carbons (Fsp3) is 0.368. The Kier molecular flexibility index (Phi) is 10.6. The summed E-state index contributed by atoms with van der Waals surface area (Å²) in [5, 5.41) is 35.9. The van der Waals surface area contributed by atoms with Crippen molar-refractivity contribution in [2.75, 3.05) is 23.8 Å². The summed E-state index contributed by atoms with van der Waals surface area (Å²) in [5.74, 6) is -2.98. The second-order valence-electron chi connectivity index (χ2n) is 7.35. The molecule has 0 aromatic carbocycles. The fourth-order valence-electron chi connectivity index (χ4n) is 3.45. The molecule has 4 heterocycles. The molecule has 0 radical (unpaired) electrons. The fourth-order valence-corrected chi connectivity index (χ4v) is 7.37. The molecule has 1 unspecified atom stereocenters. The molecule has 2 aromatic heterocycles. The van der Waals surface area contributed by atoms with Gasteiger partial charge in [0.15, 0.2) is 15.2 Å². The first-order chi connectivity index (χ1) is 17.7. The van der Waals surface area contributed by atoms with Crippen molar-refractivity contribution in [3.63, 3.8) is 0 Å². The van der Waals surface area contributed by atoms with Gasteiger partial charge in [-0.3, -0.25) is 19.3 Å². The van der Waals surface area contributed by atoms with Gasteiger partial charge < -0.3 is 30.9 Å². The number of thioether (sulfide) groups is 2. The Morgan fingerprint density at radius 3 is 2.79 bits per heavy atom. The van der Waals surface area contributed by atoms with Crippen molar-refractivity contribution in [3.8, 4) is 0 Å². The number of rotatable bonds is 10. The van der Waals surface area contributed by atoms with Crippen LogP contribution in [0.3, 0.4) is 0 Å². The molecule has 1 saturated heterocycles. The molecule has 0 spiro atoms. The third-order valence-corrected chi connectivity index (χ3v) is 9.18. The summed E-state index contributed by atoms with van der Waals surface area (Å²) in [6.45, 7) is 1.96. The Bertz CT molecular complexity index is 1310. The first kappa shape index (κ1) is 30.3. The number of hydrogen-bond acceptors (Lipinski definition) is 16. The van der Waals surface area contributed by atoms with Crippen LogP contribution in [-0.2, 0) is 30.3 Å². The zero-order chi connectivity index (χ0) is 26.7. The minimum absolute atomic E-state index is 0. The number of carboxylic acid groups (broad SMARTS) is 1. The van der Waals surface area contributed by atoms with Crippen LogP contribution in [0.1, 0.15) is 17.6 Å². The number of esters is 1. The molecule has 19 heteroatoms. The molecule has 2 aromatic rings. The van der Waals surface area contributed by atoms with Gasteiger partial charge in [0.2, 0.25) is 0 Å². The van der Waals surface area contributed by atoms with Gasteiger partial charge in [0.05, 0.1) is 24.7 Å². The van der Waals surface area contributed by atoms with Crippen molar-refractivity contribution < 1.29 is 63.8 Å². The van der Waals surface area contributed by atoms with E-state index in [4.69, 9.17) is 10.5 Å². The molecule has 2 aliphatic rings. The van der Waals surface area contributed by atoms with Gasteiger partial charge in [-0.05, 0) is 12.5 Å². The number of nitrogens with one attached hydrogen (secondary N) is 1. The number of β-lactam (4-membered cyclic amide) rings is 1. The van der Waals surface area contributed by atoms with E-state index in [1.165, 1.54) is 40.2 Å². The Morgan fingerprint density at radius 2 is 2.16 bits per heavy atom. The number of carbonyl (C=O) groups excluding carboxylic acids is 4. The number of nitrogens with two attached hydrogens (primary N) is 1. The van der Waals surface area contributed by atoms with E-state index in [-0.39, 0.29) is 70.6 Å². The maximum atomic E-state index is 12.8. The maximum absolute atomic E-state index is 12.8. The number of amides is 2. The molecular weight excluding hydrogens is 590 g/mol. The number of anilines is 1. The number of carboxylic acids is 1. The first-order valence-corrected chi connectivity index (χ1v) is 14.2. The van der Waals surface area contributed by atoms with Gasteiger partial charge >= 0.3 is 35.5 Å². The zero-order valence-electron chi connectivity index (χ0n) is 19.9. The summed E-state index contributed by atoms with van der Waals surface area (Å²) >= 11 is 4.72. The number of aliphatic carboxylic acids is 1. The third kappa shape index (κ3) is 6.49. The maximum Gasteiger partial charge on any atom is 1.00 e. The normalized spacial score (nSPS) is 18.8. The molecule has 2 amide bonds. The Morgan fingerprint density at radius 1 is 1.39 bits per heavy atom. The van der Waals surface area contributed by atoms with Crippen molar-refractivity contribution in [3.05, 3.63) is 27.4 Å². The molecular formula is C19H18N7NaO7S4. The molecule has 38 heavy (non-hydrogen) atoms.